The van der Waals surface area contributed by atoms with Gasteiger partial charge in [0.15, 0.2) is 0 Å². The lowest BCUT2D eigenvalue weighted by molar-refractivity contribution is -0.137. The maximum absolute atomic E-state index is 12.9. The fourth-order valence-electron chi connectivity index (χ4n) is 5.26. The number of aromatic nitrogens is 1. The van der Waals surface area contributed by atoms with Crippen molar-refractivity contribution < 1.29 is 18.3 Å². The van der Waals surface area contributed by atoms with Crippen LogP contribution in [0.25, 0.3) is 0 Å². The molecular weight excluding hydrogens is 424 g/mol. The molecule has 0 saturated carbocycles. The van der Waals surface area contributed by atoms with Gasteiger partial charge in [0.25, 0.3) is 0 Å². The summed E-state index contributed by atoms with van der Waals surface area (Å²) in [6, 6.07) is 7.26. The first-order valence-corrected chi connectivity index (χ1v) is 13.0. The van der Waals surface area contributed by atoms with E-state index in [0.29, 0.717) is 24.4 Å². The molecular formula is C25H34N2O4S. The Balaban J connectivity index is 1.63. The standard InChI is InChI=1S/C25H34N2O4S/c1-18-21(22-16-25(2,3)12-11-23(22)27(18)17-24(28)29)15-19-7-9-20(10-8-19)32(30,31)26-13-5-4-6-14-26/h7-10H,4-6,11-17H2,1-3H3,(H,28,29). The molecule has 1 aliphatic heterocycles. The summed E-state index contributed by atoms with van der Waals surface area (Å²) in [5.41, 5.74) is 5.88. The first kappa shape index (κ1) is 23.1. The van der Waals surface area contributed by atoms with Crippen LogP contribution in [0.1, 0.15) is 67.6 Å². The summed E-state index contributed by atoms with van der Waals surface area (Å²) < 4.78 is 29.5. The van der Waals surface area contributed by atoms with Gasteiger partial charge in [0, 0.05) is 24.5 Å². The average Bonchev–Trinajstić information content (AvgIpc) is 2.98. The van der Waals surface area contributed by atoms with E-state index in [-0.39, 0.29) is 12.0 Å². The van der Waals surface area contributed by atoms with Gasteiger partial charge in [-0.15, -0.1) is 0 Å². The Morgan fingerprint density at radius 2 is 1.75 bits per heavy atom. The molecule has 2 heterocycles. The van der Waals surface area contributed by atoms with Crippen LogP contribution in [0.15, 0.2) is 29.2 Å². The Hall–Kier alpha value is -2.12. The second kappa shape index (κ2) is 8.67. The molecule has 0 unspecified atom stereocenters. The minimum atomic E-state index is -3.43. The molecule has 0 spiro atoms. The summed E-state index contributed by atoms with van der Waals surface area (Å²) >= 11 is 0. The molecule has 6 nitrogen and oxygen atoms in total. The van der Waals surface area contributed by atoms with Gasteiger partial charge in [0.05, 0.1) is 4.90 Å². The molecule has 0 bridgehead atoms. The summed E-state index contributed by atoms with van der Waals surface area (Å²) in [6.07, 6.45) is 6.49. The Kier molecular flexibility index (Phi) is 6.25. The number of nitrogens with zero attached hydrogens (tertiary/aromatic N) is 2. The van der Waals surface area contributed by atoms with Crippen molar-refractivity contribution >= 4 is 16.0 Å². The first-order chi connectivity index (χ1) is 15.1. The van der Waals surface area contributed by atoms with Crippen LogP contribution < -0.4 is 0 Å². The first-order valence-electron chi connectivity index (χ1n) is 11.6. The van der Waals surface area contributed by atoms with Gasteiger partial charge in [0.1, 0.15) is 6.54 Å². The van der Waals surface area contributed by atoms with Crippen LogP contribution in [-0.2, 0) is 40.6 Å². The van der Waals surface area contributed by atoms with Crippen molar-refractivity contribution in [2.45, 2.75) is 77.2 Å². The molecule has 32 heavy (non-hydrogen) atoms. The van der Waals surface area contributed by atoms with Crippen LogP contribution >= 0.6 is 0 Å². The van der Waals surface area contributed by atoms with Crippen LogP contribution in [0.3, 0.4) is 0 Å². The molecule has 1 aromatic heterocycles. The average molecular weight is 459 g/mol. The van der Waals surface area contributed by atoms with Crippen LogP contribution in [-0.4, -0.2) is 41.5 Å². The second-order valence-corrected chi connectivity index (χ2v) is 12.0. The summed E-state index contributed by atoms with van der Waals surface area (Å²) in [5.74, 6) is -0.824. The zero-order chi connectivity index (χ0) is 23.1. The molecule has 2 aromatic rings. The molecule has 1 aromatic carbocycles. The van der Waals surface area contributed by atoms with E-state index in [2.05, 4.69) is 13.8 Å². The van der Waals surface area contributed by atoms with Gasteiger partial charge in [-0.2, -0.15) is 4.31 Å². The van der Waals surface area contributed by atoms with Crippen molar-refractivity contribution in [2.75, 3.05) is 13.1 Å². The number of benzene rings is 1. The highest BCUT2D eigenvalue weighted by molar-refractivity contribution is 7.89. The highest BCUT2D eigenvalue weighted by Crippen LogP contribution is 2.39. The summed E-state index contributed by atoms with van der Waals surface area (Å²) in [6.45, 7) is 7.73. The van der Waals surface area contributed by atoms with Crippen LogP contribution in [0.5, 0.6) is 0 Å². The van der Waals surface area contributed by atoms with Crippen molar-refractivity contribution in [3.8, 4) is 0 Å². The third-order valence-electron chi connectivity index (χ3n) is 7.12. The molecule has 0 atom stereocenters. The highest BCUT2D eigenvalue weighted by atomic mass is 32.2. The molecule has 1 saturated heterocycles. The van der Waals surface area contributed by atoms with E-state index in [9.17, 15) is 18.3 Å². The third kappa shape index (κ3) is 4.50. The smallest absolute Gasteiger partial charge is 0.323 e. The van der Waals surface area contributed by atoms with Crippen molar-refractivity contribution in [2.24, 2.45) is 5.41 Å². The number of rotatable bonds is 6. The molecule has 1 N–H and O–H groups in total. The van der Waals surface area contributed by atoms with E-state index >= 15 is 0 Å². The molecule has 0 radical (unpaired) electrons. The summed E-state index contributed by atoms with van der Waals surface area (Å²) in [5, 5.41) is 9.43. The van der Waals surface area contributed by atoms with E-state index in [4.69, 9.17) is 0 Å². The van der Waals surface area contributed by atoms with Crippen molar-refractivity contribution in [1.29, 1.82) is 0 Å². The predicted octanol–water partition coefficient (Wildman–Crippen LogP) is 4.16. The lowest BCUT2D eigenvalue weighted by Crippen LogP contribution is -2.35. The monoisotopic (exact) mass is 458 g/mol. The quantitative estimate of drug-likeness (QED) is 0.705. The molecule has 1 aliphatic carbocycles. The van der Waals surface area contributed by atoms with E-state index in [1.165, 1.54) is 11.1 Å². The van der Waals surface area contributed by atoms with Crippen molar-refractivity contribution in [3.63, 3.8) is 0 Å². The van der Waals surface area contributed by atoms with Crippen LogP contribution in [0.4, 0.5) is 0 Å². The predicted molar refractivity (Wildman–Crippen MR) is 124 cm³/mol. The summed E-state index contributed by atoms with van der Waals surface area (Å²) in [4.78, 5) is 11.8. The van der Waals surface area contributed by atoms with Gasteiger partial charge in [-0.05, 0) is 79.7 Å². The second-order valence-electron chi connectivity index (χ2n) is 10.1. The zero-order valence-corrected chi connectivity index (χ0v) is 20.2. The Morgan fingerprint density at radius 1 is 1.09 bits per heavy atom. The Bertz CT molecular complexity index is 1110. The zero-order valence-electron chi connectivity index (χ0n) is 19.4. The normalized spacial score (nSPS) is 19.0. The van der Waals surface area contributed by atoms with Gasteiger partial charge in [-0.3, -0.25) is 4.79 Å². The van der Waals surface area contributed by atoms with E-state index in [0.717, 1.165) is 55.5 Å². The van der Waals surface area contributed by atoms with Crippen molar-refractivity contribution in [1.82, 2.24) is 8.87 Å². The van der Waals surface area contributed by atoms with Gasteiger partial charge in [-0.1, -0.05) is 32.4 Å². The van der Waals surface area contributed by atoms with Gasteiger partial charge < -0.3 is 9.67 Å². The number of fused-ring (bicyclic) bond motifs is 1. The van der Waals surface area contributed by atoms with E-state index in [1.54, 1.807) is 16.4 Å². The number of aliphatic carboxylic acids is 1. The number of carboxylic acid groups (broad SMARTS) is 1. The largest absolute Gasteiger partial charge is 0.480 e. The van der Waals surface area contributed by atoms with Crippen LogP contribution in [0, 0.1) is 12.3 Å². The minimum absolute atomic E-state index is 0.0123. The topological polar surface area (TPSA) is 79.6 Å². The number of piperidine rings is 1. The molecule has 1 fully saturated rings. The number of hydrogen-bond acceptors (Lipinski definition) is 3. The number of sulfonamides is 1. The van der Waals surface area contributed by atoms with Gasteiger partial charge >= 0.3 is 5.97 Å². The van der Waals surface area contributed by atoms with Crippen molar-refractivity contribution in [3.05, 3.63) is 52.3 Å². The maximum Gasteiger partial charge on any atom is 0.323 e. The van der Waals surface area contributed by atoms with E-state index in [1.807, 2.05) is 23.6 Å². The van der Waals surface area contributed by atoms with Gasteiger partial charge in [-0.25, -0.2) is 8.42 Å². The third-order valence-corrected chi connectivity index (χ3v) is 9.04. The minimum Gasteiger partial charge on any atom is -0.480 e. The lowest BCUT2D eigenvalue weighted by Gasteiger charge is -2.31. The number of carboxylic acids is 1. The fourth-order valence-corrected chi connectivity index (χ4v) is 6.78. The SMILES string of the molecule is Cc1c(Cc2ccc(S(=O)(=O)N3CCCCC3)cc2)c2c(n1CC(=O)O)CCC(C)(C)C2. The van der Waals surface area contributed by atoms with Crippen LogP contribution in [0.2, 0.25) is 0 Å². The molecule has 174 valence electrons. The molecule has 0 amide bonds. The molecule has 7 heteroatoms. The summed E-state index contributed by atoms with van der Waals surface area (Å²) in [7, 11) is -3.43. The maximum atomic E-state index is 12.9. The molecule has 2 aliphatic rings. The fraction of sp³-hybridized carbons (Fsp3) is 0.560. The Labute approximate surface area is 191 Å². The van der Waals surface area contributed by atoms with E-state index < -0.39 is 16.0 Å². The number of hydrogen-bond donors (Lipinski definition) is 1. The lowest BCUT2D eigenvalue weighted by atomic mass is 9.75. The highest BCUT2D eigenvalue weighted by Gasteiger charge is 2.32. The molecule has 4 rings (SSSR count). The Morgan fingerprint density at radius 3 is 2.38 bits per heavy atom. The number of carbonyl (C=O) groups is 1. The van der Waals surface area contributed by atoms with Gasteiger partial charge in [0.2, 0.25) is 10.0 Å².